The molecule has 0 spiro atoms. The molecule has 0 aromatic heterocycles. The van der Waals surface area contributed by atoms with Crippen molar-refractivity contribution in [2.24, 2.45) is 0 Å². The molecule has 1 amide bonds. The number of unbranched alkanes of at least 4 members (excludes halogenated alkanes) is 26. The molecule has 0 aliphatic carbocycles. The SMILES string of the molecule is CCCCCCCCCCCCCCCCOP(=O)(OCCCCCCCCCCCCCCCC)C(NC(=O)c1cc([N+](=O)[O-])cc([N+](=O)[O-])c1)c1ccccc1. The number of hydrogen-bond donors (Lipinski definition) is 1. The minimum atomic E-state index is -4.06. The van der Waals surface area contributed by atoms with Gasteiger partial charge in [0, 0.05) is 12.1 Å². The molecule has 58 heavy (non-hydrogen) atoms. The topological polar surface area (TPSA) is 151 Å². The first-order valence-electron chi connectivity index (χ1n) is 22.9. The molecule has 1 N–H and O–H groups in total. The van der Waals surface area contributed by atoms with Crippen molar-refractivity contribution in [3.8, 4) is 0 Å². The summed E-state index contributed by atoms with van der Waals surface area (Å²) in [6, 6.07) is 11.5. The second-order valence-corrected chi connectivity index (χ2v) is 18.1. The van der Waals surface area contributed by atoms with Crippen molar-refractivity contribution < 1.29 is 28.3 Å². The van der Waals surface area contributed by atoms with E-state index in [-0.39, 0.29) is 18.8 Å². The molecule has 0 radical (unpaired) electrons. The molecule has 0 saturated carbocycles. The summed E-state index contributed by atoms with van der Waals surface area (Å²) < 4.78 is 27.1. The van der Waals surface area contributed by atoms with Gasteiger partial charge in [0.05, 0.1) is 34.7 Å². The van der Waals surface area contributed by atoms with E-state index in [0.29, 0.717) is 18.4 Å². The fourth-order valence-corrected chi connectivity index (χ4v) is 9.24. The van der Waals surface area contributed by atoms with Crippen molar-refractivity contribution in [3.63, 3.8) is 0 Å². The van der Waals surface area contributed by atoms with Gasteiger partial charge >= 0.3 is 7.60 Å². The fourth-order valence-electron chi connectivity index (χ4n) is 7.29. The van der Waals surface area contributed by atoms with Crippen LogP contribution in [0.1, 0.15) is 215 Å². The largest absolute Gasteiger partial charge is 0.357 e. The molecular formula is C46H76N3O8P. The summed E-state index contributed by atoms with van der Waals surface area (Å²) in [6.07, 6.45) is 33.7. The van der Waals surface area contributed by atoms with Crippen molar-refractivity contribution in [2.75, 3.05) is 13.2 Å². The van der Waals surface area contributed by atoms with Crippen LogP contribution in [0.3, 0.4) is 0 Å². The van der Waals surface area contributed by atoms with Crippen LogP contribution in [0.15, 0.2) is 48.5 Å². The summed E-state index contributed by atoms with van der Waals surface area (Å²) in [5.41, 5.74) is -1.02. The molecule has 0 bridgehead atoms. The summed E-state index contributed by atoms with van der Waals surface area (Å²) in [5.74, 6) is -2.10. The maximum Gasteiger partial charge on any atom is 0.357 e. The first-order valence-corrected chi connectivity index (χ1v) is 24.5. The van der Waals surface area contributed by atoms with Crippen LogP contribution in [0.2, 0.25) is 0 Å². The lowest BCUT2D eigenvalue weighted by Crippen LogP contribution is -2.30. The number of nitrogens with one attached hydrogen (secondary N) is 1. The lowest BCUT2D eigenvalue weighted by Gasteiger charge is -2.28. The third-order valence-electron chi connectivity index (χ3n) is 10.8. The minimum Gasteiger partial charge on any atom is -0.334 e. The van der Waals surface area contributed by atoms with E-state index in [1.807, 2.05) is 0 Å². The minimum absolute atomic E-state index is 0.176. The summed E-state index contributed by atoms with van der Waals surface area (Å²) >= 11 is 0. The second-order valence-electron chi connectivity index (χ2n) is 15.9. The molecule has 0 saturated heterocycles. The Labute approximate surface area is 350 Å². The molecule has 0 aliphatic rings. The normalized spacial score (nSPS) is 12.1. The number of carbonyl (C=O) groups is 1. The van der Waals surface area contributed by atoms with Gasteiger partial charge in [0.1, 0.15) is 0 Å². The fraction of sp³-hybridized carbons (Fsp3) is 0.717. The summed E-state index contributed by atoms with van der Waals surface area (Å²) in [4.78, 5) is 35.2. The van der Waals surface area contributed by atoms with Crippen LogP contribution in [0, 0.1) is 20.2 Å². The predicted octanol–water partition coefficient (Wildman–Crippen LogP) is 15.1. The van der Waals surface area contributed by atoms with Gasteiger partial charge in [0.15, 0.2) is 5.78 Å². The highest BCUT2D eigenvalue weighted by atomic mass is 31.2. The van der Waals surface area contributed by atoms with E-state index in [9.17, 15) is 29.6 Å². The molecule has 0 aliphatic heterocycles. The zero-order valence-corrected chi connectivity index (χ0v) is 36.9. The third-order valence-corrected chi connectivity index (χ3v) is 13.0. The van der Waals surface area contributed by atoms with Gasteiger partial charge in [0.25, 0.3) is 17.3 Å². The Hall–Kier alpha value is -3.14. The Kier molecular flexibility index (Phi) is 28.7. The first-order chi connectivity index (χ1) is 28.2. The molecule has 2 aromatic carbocycles. The highest BCUT2D eigenvalue weighted by Gasteiger charge is 2.39. The molecule has 0 heterocycles. The molecule has 2 aromatic rings. The molecule has 11 nitrogen and oxygen atoms in total. The van der Waals surface area contributed by atoms with Crippen LogP contribution in [0.4, 0.5) is 11.4 Å². The van der Waals surface area contributed by atoms with Gasteiger partial charge in [-0.1, -0.05) is 211 Å². The molecular weight excluding hydrogens is 753 g/mol. The maximum atomic E-state index is 14.8. The van der Waals surface area contributed by atoms with E-state index in [1.54, 1.807) is 30.3 Å². The van der Waals surface area contributed by atoms with E-state index >= 15 is 0 Å². The highest BCUT2D eigenvalue weighted by molar-refractivity contribution is 7.54. The van der Waals surface area contributed by atoms with Crippen LogP contribution in [0.5, 0.6) is 0 Å². The monoisotopic (exact) mass is 830 g/mol. The van der Waals surface area contributed by atoms with Crippen molar-refractivity contribution in [1.29, 1.82) is 0 Å². The zero-order valence-electron chi connectivity index (χ0n) is 36.0. The Bertz CT molecular complexity index is 1370. The van der Waals surface area contributed by atoms with E-state index in [2.05, 4.69) is 19.2 Å². The van der Waals surface area contributed by atoms with Gasteiger partial charge in [0.2, 0.25) is 0 Å². The number of benzene rings is 2. The number of amides is 1. The zero-order chi connectivity index (χ0) is 42.1. The number of non-ortho nitro benzene ring substituents is 2. The number of nitro benzene ring substituents is 2. The highest BCUT2D eigenvalue weighted by Crippen LogP contribution is 2.60. The first kappa shape index (κ1) is 51.0. The maximum absolute atomic E-state index is 14.8. The van der Waals surface area contributed by atoms with Crippen molar-refractivity contribution in [2.45, 2.75) is 199 Å². The predicted molar refractivity (Wildman–Crippen MR) is 237 cm³/mol. The van der Waals surface area contributed by atoms with Crippen LogP contribution >= 0.6 is 7.60 Å². The number of nitrogens with zero attached hydrogens (tertiary/aromatic N) is 2. The molecule has 1 atom stereocenters. The molecule has 328 valence electrons. The van der Waals surface area contributed by atoms with Gasteiger partial charge in [-0.05, 0) is 18.4 Å². The lowest BCUT2D eigenvalue weighted by molar-refractivity contribution is -0.394. The quantitative estimate of drug-likeness (QED) is 0.0304. The van der Waals surface area contributed by atoms with Gasteiger partial charge in [-0.25, -0.2) is 0 Å². The van der Waals surface area contributed by atoms with Crippen molar-refractivity contribution >= 4 is 24.9 Å². The third kappa shape index (κ3) is 22.9. The van der Waals surface area contributed by atoms with E-state index < -0.39 is 40.5 Å². The van der Waals surface area contributed by atoms with Gasteiger partial charge < -0.3 is 14.4 Å². The van der Waals surface area contributed by atoms with Crippen LogP contribution in [-0.2, 0) is 13.6 Å². The van der Waals surface area contributed by atoms with Crippen molar-refractivity contribution in [3.05, 3.63) is 79.9 Å². The standard InChI is InChI=1S/C46H76N3O8P/c1-3-5-7-9-11-13-15-17-19-21-23-25-27-32-36-56-58(55,57-37-33-28-26-24-22-20-18-16-14-12-10-8-6-4-2)46(41-34-30-29-31-35-41)47-45(50)42-38-43(48(51)52)40-44(39-42)49(53)54/h29-31,34-35,38-40,46H,3-28,32-33,36-37H2,1-2H3,(H,47,50). The molecule has 2 rings (SSSR count). The smallest absolute Gasteiger partial charge is 0.334 e. The van der Waals surface area contributed by atoms with E-state index in [4.69, 9.17) is 9.05 Å². The number of carbonyl (C=O) groups excluding carboxylic acids is 1. The average molecular weight is 830 g/mol. The Morgan fingerprint density at radius 2 is 0.879 bits per heavy atom. The molecule has 12 heteroatoms. The number of hydrogen-bond acceptors (Lipinski definition) is 8. The summed E-state index contributed by atoms with van der Waals surface area (Å²) in [7, 11) is -4.06. The van der Waals surface area contributed by atoms with E-state index in [0.717, 1.165) is 56.7 Å². The van der Waals surface area contributed by atoms with Crippen LogP contribution in [-0.4, -0.2) is 29.0 Å². The average Bonchev–Trinajstić information content (AvgIpc) is 3.22. The van der Waals surface area contributed by atoms with E-state index in [1.165, 1.54) is 128 Å². The molecule has 1 unspecified atom stereocenters. The Morgan fingerprint density at radius 1 is 0.552 bits per heavy atom. The van der Waals surface area contributed by atoms with Gasteiger partial charge in [-0.2, -0.15) is 0 Å². The van der Waals surface area contributed by atoms with Crippen LogP contribution in [0.25, 0.3) is 0 Å². The Morgan fingerprint density at radius 3 is 1.21 bits per heavy atom. The Balaban J connectivity index is 1.98. The van der Waals surface area contributed by atoms with Crippen LogP contribution < -0.4 is 5.32 Å². The number of nitro groups is 2. The number of rotatable bonds is 38. The lowest BCUT2D eigenvalue weighted by atomic mass is 10.0. The second kappa shape index (κ2) is 32.7. The summed E-state index contributed by atoms with van der Waals surface area (Å²) in [6.45, 7) is 4.85. The molecule has 0 fully saturated rings. The van der Waals surface area contributed by atoms with Gasteiger partial charge in [-0.3, -0.25) is 29.6 Å². The van der Waals surface area contributed by atoms with Gasteiger partial charge in [-0.15, -0.1) is 0 Å². The summed E-state index contributed by atoms with van der Waals surface area (Å²) in [5, 5.41) is 25.9. The van der Waals surface area contributed by atoms with Crippen molar-refractivity contribution in [1.82, 2.24) is 5.32 Å².